The van der Waals surface area contributed by atoms with Crippen LogP contribution in [0.4, 0.5) is 20.3 Å². The van der Waals surface area contributed by atoms with Crippen molar-refractivity contribution in [2.24, 2.45) is 0 Å². The Morgan fingerprint density at radius 2 is 1.63 bits per heavy atom. The maximum Gasteiger partial charge on any atom is 0.249 e. The van der Waals surface area contributed by atoms with Crippen LogP contribution < -0.4 is 15.5 Å². The zero-order valence-corrected chi connectivity index (χ0v) is 31.0. The maximum absolute atomic E-state index is 14.6. The highest BCUT2D eigenvalue weighted by Crippen LogP contribution is 2.37. The number of fused-ring (bicyclic) bond motifs is 1. The van der Waals surface area contributed by atoms with Gasteiger partial charge in [0.15, 0.2) is 11.4 Å². The molecule has 10 nitrogen and oxygen atoms in total. The van der Waals surface area contributed by atoms with Crippen molar-refractivity contribution < 1.29 is 23.2 Å². The predicted molar refractivity (Wildman–Crippen MR) is 205 cm³/mol. The average molecular weight is 740 g/mol. The van der Waals surface area contributed by atoms with Crippen LogP contribution >= 0.6 is 0 Å². The molecule has 2 amide bonds. The van der Waals surface area contributed by atoms with Crippen LogP contribution in [0.15, 0.2) is 60.9 Å². The molecule has 5 heterocycles. The summed E-state index contributed by atoms with van der Waals surface area (Å²) in [4.78, 5) is 46.1. The Balaban J connectivity index is 0.768. The fourth-order valence-electron chi connectivity index (χ4n) is 8.36. The van der Waals surface area contributed by atoms with Crippen LogP contribution in [0, 0.1) is 11.6 Å². The molecule has 12 heteroatoms. The summed E-state index contributed by atoms with van der Waals surface area (Å²) in [5, 5.41) is 10.0. The molecule has 0 radical (unpaired) electrons. The van der Waals surface area contributed by atoms with E-state index >= 15 is 0 Å². The first-order valence-electron chi connectivity index (χ1n) is 19.8. The molecule has 2 atom stereocenters. The van der Waals surface area contributed by atoms with E-state index in [4.69, 9.17) is 4.98 Å². The molecule has 2 aromatic carbocycles. The summed E-state index contributed by atoms with van der Waals surface area (Å²) in [7, 11) is 0. The van der Waals surface area contributed by atoms with Crippen molar-refractivity contribution in [2.75, 3.05) is 36.4 Å². The van der Waals surface area contributed by atoms with Crippen LogP contribution in [-0.2, 0) is 9.59 Å². The van der Waals surface area contributed by atoms with E-state index in [0.717, 1.165) is 69.9 Å². The zero-order chi connectivity index (χ0) is 37.4. The fraction of sp³-hybridized carbons (Fsp3) is 0.500. The molecule has 7 rings (SSSR count). The minimum Gasteiger partial charge on any atom is -0.374 e. The van der Waals surface area contributed by atoms with E-state index in [2.05, 4.69) is 32.8 Å². The Morgan fingerprint density at radius 1 is 0.870 bits per heavy atom. The normalized spacial score (nSPS) is 19.8. The lowest BCUT2D eigenvalue weighted by Crippen LogP contribution is -2.47. The van der Waals surface area contributed by atoms with E-state index in [1.165, 1.54) is 43.4 Å². The molecule has 3 saturated heterocycles. The van der Waals surface area contributed by atoms with Crippen LogP contribution in [0.25, 0.3) is 5.65 Å². The van der Waals surface area contributed by atoms with Crippen molar-refractivity contribution in [3.05, 3.63) is 89.2 Å². The number of nitrogens with one attached hydrogen (secondary N) is 2. The minimum absolute atomic E-state index is 0.0337. The molecule has 3 aliphatic rings. The van der Waals surface area contributed by atoms with Gasteiger partial charge in [-0.2, -0.15) is 5.10 Å². The van der Waals surface area contributed by atoms with E-state index in [-0.39, 0.29) is 29.7 Å². The van der Waals surface area contributed by atoms with Gasteiger partial charge in [0.25, 0.3) is 0 Å². The Bertz CT molecular complexity index is 1920. The van der Waals surface area contributed by atoms with Crippen LogP contribution in [0.3, 0.4) is 0 Å². The summed E-state index contributed by atoms with van der Waals surface area (Å²) in [5.41, 5.74) is 3.60. The van der Waals surface area contributed by atoms with Crippen molar-refractivity contribution in [3.63, 3.8) is 0 Å². The second kappa shape index (κ2) is 17.6. The maximum atomic E-state index is 14.6. The number of aromatic nitrogens is 3. The van der Waals surface area contributed by atoms with Gasteiger partial charge in [-0.15, -0.1) is 0 Å². The summed E-state index contributed by atoms with van der Waals surface area (Å²) >= 11 is 0. The van der Waals surface area contributed by atoms with Gasteiger partial charge in [-0.3, -0.25) is 19.7 Å². The molecular weight excluding hydrogens is 689 g/mol. The van der Waals surface area contributed by atoms with Gasteiger partial charge in [0.05, 0.1) is 17.8 Å². The molecule has 3 aliphatic heterocycles. The molecule has 0 saturated carbocycles. The van der Waals surface area contributed by atoms with E-state index in [1.54, 1.807) is 16.9 Å². The monoisotopic (exact) mass is 739 g/mol. The van der Waals surface area contributed by atoms with E-state index in [9.17, 15) is 23.2 Å². The molecule has 4 aromatic rings. The number of halogens is 2. The first-order chi connectivity index (χ1) is 26.3. The number of carbonyl (C=O) groups excluding carboxylic acids is 3. The molecule has 3 fully saturated rings. The number of ketones is 1. The third-order valence-electron chi connectivity index (χ3n) is 11.4. The van der Waals surface area contributed by atoms with Gasteiger partial charge in [-0.25, -0.2) is 18.3 Å². The second-order valence-electron chi connectivity index (χ2n) is 15.2. The van der Waals surface area contributed by atoms with Crippen molar-refractivity contribution in [1.82, 2.24) is 24.8 Å². The highest BCUT2D eigenvalue weighted by Gasteiger charge is 2.31. The number of anilines is 2. The molecule has 0 bridgehead atoms. The lowest BCUT2D eigenvalue weighted by molar-refractivity contribution is -0.133. The summed E-state index contributed by atoms with van der Waals surface area (Å²) in [6.45, 7) is 4.05. The minimum atomic E-state index is -0.459. The van der Waals surface area contributed by atoms with Gasteiger partial charge < -0.3 is 15.1 Å². The number of carbonyl (C=O) groups is 3. The zero-order valence-electron chi connectivity index (χ0n) is 31.0. The number of Topliss-reactive ketones (excluding diaryl/α,β-unsaturated/α-hetero) is 1. The summed E-state index contributed by atoms with van der Waals surface area (Å²) in [5.74, 6) is -0.106. The third-order valence-corrected chi connectivity index (χ3v) is 11.4. The van der Waals surface area contributed by atoms with Gasteiger partial charge >= 0.3 is 0 Å². The number of nitrogens with zero attached hydrogens (tertiary/aromatic N) is 5. The van der Waals surface area contributed by atoms with Crippen LogP contribution in [0.1, 0.15) is 123 Å². The molecule has 2 aromatic heterocycles. The third kappa shape index (κ3) is 9.14. The Morgan fingerprint density at radius 3 is 2.41 bits per heavy atom. The number of likely N-dealkylation sites (tertiary alicyclic amines) is 1. The smallest absolute Gasteiger partial charge is 0.249 e. The van der Waals surface area contributed by atoms with Crippen LogP contribution in [0.5, 0.6) is 0 Å². The van der Waals surface area contributed by atoms with Gasteiger partial charge in [0, 0.05) is 36.8 Å². The highest BCUT2D eigenvalue weighted by atomic mass is 19.1. The van der Waals surface area contributed by atoms with Crippen molar-refractivity contribution in [2.45, 2.75) is 108 Å². The van der Waals surface area contributed by atoms with Gasteiger partial charge in [0.1, 0.15) is 23.5 Å². The van der Waals surface area contributed by atoms with Crippen LogP contribution in [-0.4, -0.2) is 69.3 Å². The van der Waals surface area contributed by atoms with Crippen LogP contribution in [0.2, 0.25) is 0 Å². The largest absolute Gasteiger partial charge is 0.374 e. The first-order valence-corrected chi connectivity index (χ1v) is 19.8. The number of imide groups is 1. The number of amides is 2. The van der Waals surface area contributed by atoms with Crippen molar-refractivity contribution >= 4 is 34.8 Å². The lowest BCUT2D eigenvalue weighted by Gasteiger charge is -2.32. The highest BCUT2D eigenvalue weighted by molar-refractivity contribution is 6.02. The number of hydrogen-bond donors (Lipinski definition) is 2. The van der Waals surface area contributed by atoms with E-state index < -0.39 is 11.6 Å². The summed E-state index contributed by atoms with van der Waals surface area (Å²) < 4.78 is 30.2. The molecule has 0 spiro atoms. The quantitative estimate of drug-likeness (QED) is 0.0682. The number of unbranched alkanes of at least 4 members (excludes halogenated alkanes) is 6. The SMILES string of the molecule is O=C1CCC(Nc2ccc(C3CCN(CCCCCCCCCC(=O)c4cnn5ccc(N6CCC[C@@H]6c6cc(F)ccc6F)nc45)CC3)cc2)C(=O)N1. The van der Waals surface area contributed by atoms with Gasteiger partial charge in [0.2, 0.25) is 11.8 Å². The van der Waals surface area contributed by atoms with E-state index in [1.807, 2.05) is 23.1 Å². The van der Waals surface area contributed by atoms with E-state index in [0.29, 0.717) is 60.7 Å². The molecular formula is C42H51F2N7O3. The number of piperidine rings is 2. The Hall–Kier alpha value is -4.71. The number of rotatable bonds is 16. The molecule has 54 heavy (non-hydrogen) atoms. The number of hydrogen-bond acceptors (Lipinski definition) is 8. The predicted octanol–water partition coefficient (Wildman–Crippen LogP) is 7.75. The van der Waals surface area contributed by atoms with Crippen molar-refractivity contribution in [1.29, 1.82) is 0 Å². The Labute approximate surface area is 315 Å². The standard InChI is InChI=1S/C42H51F2N7O3/c43-31-13-16-35(44)33(27-31)37-9-8-23-50(37)39-21-26-51-41(47-39)34(28-45-51)38(52)10-6-4-2-1-3-5-7-22-49-24-19-30(20-25-49)29-11-14-32(15-12-29)46-36-17-18-40(53)48-42(36)54/h11-16,21,26-28,30,36-37,46H,1-10,17-20,22-25H2,(H,48,53,54)/t36?,37-/m1/s1. The van der Waals surface area contributed by atoms with Crippen molar-refractivity contribution in [3.8, 4) is 0 Å². The topological polar surface area (TPSA) is 112 Å². The van der Waals surface area contributed by atoms with Gasteiger partial charge in [-0.05, 0) is 112 Å². The Kier molecular flexibility index (Phi) is 12.3. The first kappa shape index (κ1) is 37.6. The second-order valence-corrected chi connectivity index (χ2v) is 15.2. The molecule has 1 unspecified atom stereocenters. The average Bonchev–Trinajstić information content (AvgIpc) is 3.84. The van der Waals surface area contributed by atoms with Gasteiger partial charge in [-0.1, -0.05) is 44.2 Å². The number of benzene rings is 2. The molecule has 0 aliphatic carbocycles. The molecule has 2 N–H and O–H groups in total. The fourth-order valence-corrected chi connectivity index (χ4v) is 8.36. The molecule has 286 valence electrons. The lowest BCUT2D eigenvalue weighted by atomic mass is 9.89. The summed E-state index contributed by atoms with van der Waals surface area (Å²) in [6.07, 6.45) is 16.3. The summed E-state index contributed by atoms with van der Waals surface area (Å²) in [6, 6.07) is 13.2.